The van der Waals surface area contributed by atoms with Crippen molar-refractivity contribution in [1.29, 1.82) is 0 Å². The van der Waals surface area contributed by atoms with Crippen molar-refractivity contribution >= 4 is 16.9 Å². The fraction of sp³-hybridized carbons (Fsp3) is 0.400. The molecule has 2 N–H and O–H groups in total. The predicted octanol–water partition coefficient (Wildman–Crippen LogP) is 2.11. The first-order chi connectivity index (χ1) is 9.56. The lowest BCUT2D eigenvalue weighted by Crippen LogP contribution is -2.29. The Kier molecular flexibility index (Phi) is 4.29. The zero-order valence-electron chi connectivity index (χ0n) is 11.9. The van der Waals surface area contributed by atoms with Gasteiger partial charge in [-0.1, -0.05) is 6.92 Å². The molecule has 1 unspecified atom stereocenters. The maximum atomic E-state index is 12.1. The maximum Gasteiger partial charge on any atom is 0.287 e. The number of hydrogen-bond acceptors (Lipinski definition) is 4. The monoisotopic (exact) mass is 277 g/mol. The molecular formula is C15H19NO4. The second kappa shape index (κ2) is 5.96. The Morgan fingerprint density at radius 1 is 1.50 bits per heavy atom. The number of amides is 1. The molecule has 108 valence electrons. The molecule has 5 heteroatoms. The minimum atomic E-state index is -0.266. The summed E-state index contributed by atoms with van der Waals surface area (Å²) in [6.07, 6.45) is 0. The minimum Gasteiger partial charge on any atom is -0.497 e. The first-order valence-electron chi connectivity index (χ1n) is 6.53. The van der Waals surface area contributed by atoms with Crippen LogP contribution in [0.4, 0.5) is 0 Å². The molecule has 1 heterocycles. The number of furan rings is 1. The van der Waals surface area contributed by atoms with Crippen LogP contribution >= 0.6 is 0 Å². The Hall–Kier alpha value is -2.01. The van der Waals surface area contributed by atoms with E-state index in [4.69, 9.17) is 14.3 Å². The SMILES string of the molecule is COc1ccc2oc(C(=O)NCC(C)CO)c(C)c2c1. The van der Waals surface area contributed by atoms with Gasteiger partial charge in [-0.05, 0) is 31.0 Å². The Labute approximate surface area is 117 Å². The first-order valence-corrected chi connectivity index (χ1v) is 6.53. The Bertz CT molecular complexity index is 618. The third kappa shape index (κ3) is 2.77. The van der Waals surface area contributed by atoms with Crippen LogP contribution in [0.25, 0.3) is 11.0 Å². The molecule has 1 atom stereocenters. The molecule has 0 saturated carbocycles. The van der Waals surface area contributed by atoms with E-state index in [1.54, 1.807) is 19.2 Å². The van der Waals surface area contributed by atoms with Crippen molar-refractivity contribution < 1.29 is 19.1 Å². The highest BCUT2D eigenvalue weighted by Gasteiger charge is 2.18. The number of aryl methyl sites for hydroxylation is 1. The summed E-state index contributed by atoms with van der Waals surface area (Å²) in [4.78, 5) is 12.1. The van der Waals surface area contributed by atoms with Gasteiger partial charge in [-0.25, -0.2) is 0 Å². The van der Waals surface area contributed by atoms with Crippen LogP contribution in [0.5, 0.6) is 5.75 Å². The fourth-order valence-corrected chi connectivity index (χ4v) is 1.96. The molecule has 0 fully saturated rings. The fourth-order valence-electron chi connectivity index (χ4n) is 1.96. The van der Waals surface area contributed by atoms with Gasteiger partial charge in [0, 0.05) is 24.1 Å². The van der Waals surface area contributed by atoms with E-state index in [1.807, 2.05) is 19.9 Å². The topological polar surface area (TPSA) is 71.7 Å². The van der Waals surface area contributed by atoms with Crippen molar-refractivity contribution in [1.82, 2.24) is 5.32 Å². The molecule has 0 aliphatic carbocycles. The zero-order chi connectivity index (χ0) is 14.7. The van der Waals surface area contributed by atoms with Crippen molar-refractivity contribution in [2.75, 3.05) is 20.3 Å². The van der Waals surface area contributed by atoms with Crippen LogP contribution in [0.15, 0.2) is 22.6 Å². The molecule has 1 aromatic carbocycles. The molecule has 0 aliphatic heterocycles. The van der Waals surface area contributed by atoms with Crippen molar-refractivity contribution in [2.45, 2.75) is 13.8 Å². The highest BCUT2D eigenvalue weighted by molar-refractivity contribution is 5.99. The molecule has 20 heavy (non-hydrogen) atoms. The average Bonchev–Trinajstić information content (AvgIpc) is 2.81. The van der Waals surface area contributed by atoms with E-state index in [1.165, 1.54) is 0 Å². The molecule has 0 bridgehead atoms. The number of fused-ring (bicyclic) bond motifs is 1. The zero-order valence-corrected chi connectivity index (χ0v) is 11.9. The van der Waals surface area contributed by atoms with Gasteiger partial charge in [0.15, 0.2) is 5.76 Å². The molecule has 1 aromatic heterocycles. The number of aliphatic hydroxyl groups is 1. The van der Waals surface area contributed by atoms with Crippen molar-refractivity contribution in [3.05, 3.63) is 29.5 Å². The summed E-state index contributed by atoms with van der Waals surface area (Å²) >= 11 is 0. The lowest BCUT2D eigenvalue weighted by atomic mass is 10.1. The number of carbonyl (C=O) groups is 1. The number of methoxy groups -OCH3 is 1. The van der Waals surface area contributed by atoms with E-state index >= 15 is 0 Å². The average molecular weight is 277 g/mol. The van der Waals surface area contributed by atoms with Gasteiger partial charge in [0.25, 0.3) is 5.91 Å². The van der Waals surface area contributed by atoms with E-state index in [2.05, 4.69) is 5.32 Å². The number of carbonyl (C=O) groups excluding carboxylic acids is 1. The highest BCUT2D eigenvalue weighted by atomic mass is 16.5. The minimum absolute atomic E-state index is 0.0173. The van der Waals surface area contributed by atoms with Gasteiger partial charge in [0.05, 0.1) is 7.11 Å². The van der Waals surface area contributed by atoms with Gasteiger partial charge in [-0.3, -0.25) is 4.79 Å². The van der Waals surface area contributed by atoms with Crippen LogP contribution in [0.1, 0.15) is 23.0 Å². The molecule has 0 aliphatic rings. The summed E-state index contributed by atoms with van der Waals surface area (Å²) in [6, 6.07) is 5.43. The summed E-state index contributed by atoms with van der Waals surface area (Å²) in [7, 11) is 1.60. The maximum absolute atomic E-state index is 12.1. The molecule has 0 spiro atoms. The molecule has 0 saturated heterocycles. The number of nitrogens with one attached hydrogen (secondary N) is 1. The largest absolute Gasteiger partial charge is 0.497 e. The van der Waals surface area contributed by atoms with Crippen molar-refractivity contribution in [3.8, 4) is 5.75 Å². The van der Waals surface area contributed by atoms with E-state index < -0.39 is 0 Å². The Morgan fingerprint density at radius 2 is 2.25 bits per heavy atom. The molecule has 0 radical (unpaired) electrons. The second-order valence-electron chi connectivity index (χ2n) is 4.92. The van der Waals surface area contributed by atoms with Gasteiger partial charge >= 0.3 is 0 Å². The molecular weight excluding hydrogens is 258 g/mol. The number of aliphatic hydroxyl groups excluding tert-OH is 1. The van der Waals surface area contributed by atoms with E-state index in [-0.39, 0.29) is 18.4 Å². The number of hydrogen-bond donors (Lipinski definition) is 2. The summed E-state index contributed by atoms with van der Waals surface area (Å²) in [6.45, 7) is 4.15. The number of ether oxygens (including phenoxy) is 1. The first kappa shape index (κ1) is 14.4. The summed E-state index contributed by atoms with van der Waals surface area (Å²) in [5, 5.41) is 12.6. The van der Waals surface area contributed by atoms with Crippen LogP contribution in [0.2, 0.25) is 0 Å². The summed E-state index contributed by atoms with van der Waals surface area (Å²) in [5.74, 6) is 0.780. The Morgan fingerprint density at radius 3 is 2.90 bits per heavy atom. The molecule has 5 nitrogen and oxygen atoms in total. The van der Waals surface area contributed by atoms with Gasteiger partial charge in [-0.2, -0.15) is 0 Å². The predicted molar refractivity (Wildman–Crippen MR) is 76.1 cm³/mol. The van der Waals surface area contributed by atoms with Gasteiger partial charge in [-0.15, -0.1) is 0 Å². The van der Waals surface area contributed by atoms with Gasteiger partial charge in [0.1, 0.15) is 11.3 Å². The quantitative estimate of drug-likeness (QED) is 0.878. The number of rotatable bonds is 5. The third-order valence-corrected chi connectivity index (χ3v) is 3.27. The van der Waals surface area contributed by atoms with E-state index in [0.29, 0.717) is 17.9 Å². The van der Waals surface area contributed by atoms with Crippen LogP contribution in [0, 0.1) is 12.8 Å². The Balaban J connectivity index is 2.26. The third-order valence-electron chi connectivity index (χ3n) is 3.27. The lowest BCUT2D eigenvalue weighted by molar-refractivity contribution is 0.0916. The van der Waals surface area contributed by atoms with E-state index in [0.717, 1.165) is 16.7 Å². The lowest BCUT2D eigenvalue weighted by Gasteiger charge is -2.08. The highest BCUT2D eigenvalue weighted by Crippen LogP contribution is 2.28. The normalized spacial score (nSPS) is 12.4. The van der Waals surface area contributed by atoms with Gasteiger partial charge < -0.3 is 19.6 Å². The summed E-state index contributed by atoms with van der Waals surface area (Å²) in [5.41, 5.74) is 1.44. The van der Waals surface area contributed by atoms with Crippen molar-refractivity contribution in [3.63, 3.8) is 0 Å². The second-order valence-corrected chi connectivity index (χ2v) is 4.92. The van der Waals surface area contributed by atoms with Crippen molar-refractivity contribution in [2.24, 2.45) is 5.92 Å². The molecule has 2 aromatic rings. The van der Waals surface area contributed by atoms with E-state index in [9.17, 15) is 4.79 Å². The van der Waals surface area contributed by atoms with Crippen LogP contribution in [-0.4, -0.2) is 31.3 Å². The molecule has 1 amide bonds. The van der Waals surface area contributed by atoms with Gasteiger partial charge in [0.2, 0.25) is 0 Å². The van der Waals surface area contributed by atoms with Crippen LogP contribution in [-0.2, 0) is 0 Å². The summed E-state index contributed by atoms with van der Waals surface area (Å²) < 4.78 is 10.8. The van der Waals surface area contributed by atoms with Crippen LogP contribution < -0.4 is 10.1 Å². The number of benzene rings is 1. The molecule has 2 rings (SSSR count). The van der Waals surface area contributed by atoms with Crippen LogP contribution in [0.3, 0.4) is 0 Å². The smallest absolute Gasteiger partial charge is 0.287 e. The standard InChI is InChI=1S/C15H19NO4/c1-9(8-17)7-16-15(18)14-10(2)12-6-11(19-3)4-5-13(12)20-14/h4-6,9,17H,7-8H2,1-3H3,(H,16,18).